The molecule has 8 heteroatoms. The lowest BCUT2D eigenvalue weighted by molar-refractivity contribution is 0.602. The number of pyridine rings is 1. The number of aromatic nitrogens is 6. The normalized spacial score (nSPS) is 11.6. The van der Waals surface area contributed by atoms with Crippen molar-refractivity contribution in [2.24, 2.45) is 7.05 Å². The van der Waals surface area contributed by atoms with Gasteiger partial charge in [-0.05, 0) is 50.6 Å². The molecule has 4 rings (SSSR count). The molecule has 0 spiro atoms. The fourth-order valence-electron chi connectivity index (χ4n) is 3.23. The molecule has 0 radical (unpaired) electrons. The van der Waals surface area contributed by atoms with Crippen molar-refractivity contribution < 1.29 is 0 Å². The molecule has 0 aliphatic carbocycles. The predicted octanol–water partition coefficient (Wildman–Crippen LogP) is 2.45. The van der Waals surface area contributed by atoms with Crippen molar-refractivity contribution in [3.63, 3.8) is 0 Å². The van der Waals surface area contributed by atoms with Crippen molar-refractivity contribution in [3.8, 4) is 17.3 Å². The van der Waals surface area contributed by atoms with Crippen LogP contribution in [0.1, 0.15) is 25.5 Å². The molecule has 27 heavy (non-hydrogen) atoms. The highest BCUT2D eigenvalue weighted by molar-refractivity contribution is 5.84. The summed E-state index contributed by atoms with van der Waals surface area (Å²) in [5.74, 6) is 1.18. The summed E-state index contributed by atoms with van der Waals surface area (Å²) in [6, 6.07) is 9.37. The van der Waals surface area contributed by atoms with E-state index in [0.717, 1.165) is 11.1 Å². The number of rotatable bonds is 3. The van der Waals surface area contributed by atoms with Crippen LogP contribution in [0.25, 0.3) is 28.2 Å². The predicted molar refractivity (Wildman–Crippen MR) is 105 cm³/mol. The Labute approximate surface area is 155 Å². The van der Waals surface area contributed by atoms with Gasteiger partial charge in [0.05, 0.1) is 10.9 Å². The molecule has 4 aromatic rings. The highest BCUT2D eigenvalue weighted by Gasteiger charge is 2.17. The van der Waals surface area contributed by atoms with Gasteiger partial charge in [0.1, 0.15) is 12.0 Å². The van der Waals surface area contributed by atoms with Crippen LogP contribution >= 0.6 is 0 Å². The number of hydrogen-bond acceptors (Lipinski definition) is 5. The minimum Gasteiger partial charge on any atom is -0.398 e. The summed E-state index contributed by atoms with van der Waals surface area (Å²) in [5, 5.41) is 8.76. The molecular formula is C19H21N7O. The number of benzene rings is 1. The van der Waals surface area contributed by atoms with Crippen molar-refractivity contribution in [3.05, 3.63) is 52.6 Å². The number of hydrogen-bond donors (Lipinski definition) is 1. The van der Waals surface area contributed by atoms with Crippen molar-refractivity contribution in [1.82, 2.24) is 29.1 Å². The van der Waals surface area contributed by atoms with Gasteiger partial charge in [0.25, 0.3) is 5.56 Å². The Balaban J connectivity index is 1.93. The summed E-state index contributed by atoms with van der Waals surface area (Å²) in [6.45, 7) is 6.03. The van der Waals surface area contributed by atoms with Crippen LogP contribution in [0.2, 0.25) is 0 Å². The van der Waals surface area contributed by atoms with Crippen LogP contribution in [0, 0.1) is 6.92 Å². The SMILES string of the molecule is Cc1cc2c(cc1N)c(=O)n(-c1cccc(-c3nncn3C(C)C)n1)n2C. The molecule has 0 fully saturated rings. The molecule has 0 unspecified atom stereocenters. The van der Waals surface area contributed by atoms with E-state index in [1.165, 1.54) is 0 Å². The number of aryl methyl sites for hydroxylation is 2. The van der Waals surface area contributed by atoms with Crippen LogP contribution in [0.15, 0.2) is 41.5 Å². The summed E-state index contributed by atoms with van der Waals surface area (Å²) in [6.07, 6.45) is 1.68. The lowest BCUT2D eigenvalue weighted by Crippen LogP contribution is -2.20. The highest BCUT2D eigenvalue weighted by Crippen LogP contribution is 2.22. The maximum atomic E-state index is 13.0. The van der Waals surface area contributed by atoms with E-state index >= 15 is 0 Å². The summed E-state index contributed by atoms with van der Waals surface area (Å²) in [4.78, 5) is 17.7. The van der Waals surface area contributed by atoms with E-state index in [4.69, 9.17) is 5.73 Å². The first-order chi connectivity index (χ1) is 12.9. The monoisotopic (exact) mass is 363 g/mol. The average Bonchev–Trinajstić information content (AvgIpc) is 3.21. The third-order valence-electron chi connectivity index (χ3n) is 4.77. The van der Waals surface area contributed by atoms with E-state index < -0.39 is 0 Å². The Hall–Kier alpha value is -3.42. The van der Waals surface area contributed by atoms with E-state index in [2.05, 4.69) is 29.0 Å². The van der Waals surface area contributed by atoms with Gasteiger partial charge in [-0.15, -0.1) is 10.2 Å². The molecule has 0 saturated heterocycles. The minimum absolute atomic E-state index is 0.158. The third kappa shape index (κ3) is 2.61. The zero-order valence-electron chi connectivity index (χ0n) is 15.7. The smallest absolute Gasteiger partial charge is 0.280 e. The van der Waals surface area contributed by atoms with Crippen molar-refractivity contribution in [1.29, 1.82) is 0 Å². The zero-order chi connectivity index (χ0) is 19.3. The van der Waals surface area contributed by atoms with E-state index in [1.54, 1.807) is 27.8 Å². The number of fused-ring (bicyclic) bond motifs is 1. The van der Waals surface area contributed by atoms with Gasteiger partial charge in [-0.1, -0.05) is 6.07 Å². The molecule has 1 aromatic carbocycles. The van der Waals surface area contributed by atoms with Crippen LogP contribution < -0.4 is 11.3 Å². The standard InChI is InChI=1S/C19H21N7O/c1-11(2)25-10-21-23-18(25)15-6-5-7-17(22-15)26-19(27)13-9-14(20)12(3)8-16(13)24(26)4/h5-11H,20H2,1-4H3. The van der Waals surface area contributed by atoms with Crippen LogP contribution in [-0.4, -0.2) is 29.1 Å². The molecule has 3 heterocycles. The van der Waals surface area contributed by atoms with Gasteiger partial charge in [-0.3, -0.25) is 9.48 Å². The molecule has 0 aliphatic heterocycles. The molecule has 0 atom stereocenters. The van der Waals surface area contributed by atoms with Gasteiger partial charge in [0.15, 0.2) is 11.6 Å². The van der Waals surface area contributed by atoms with E-state index in [9.17, 15) is 4.79 Å². The molecule has 0 saturated carbocycles. The minimum atomic E-state index is -0.158. The molecule has 0 amide bonds. The van der Waals surface area contributed by atoms with E-state index in [1.807, 2.05) is 36.7 Å². The van der Waals surface area contributed by atoms with E-state index in [-0.39, 0.29) is 11.6 Å². The highest BCUT2D eigenvalue weighted by atomic mass is 16.1. The van der Waals surface area contributed by atoms with Gasteiger partial charge in [-0.2, -0.15) is 4.68 Å². The number of nitrogen functional groups attached to an aromatic ring is 1. The summed E-state index contributed by atoms with van der Waals surface area (Å²) >= 11 is 0. The molecule has 8 nitrogen and oxygen atoms in total. The largest absolute Gasteiger partial charge is 0.398 e. The molecule has 2 N–H and O–H groups in total. The molecule has 3 aromatic heterocycles. The van der Waals surface area contributed by atoms with Gasteiger partial charge in [-0.25, -0.2) is 4.98 Å². The lowest BCUT2D eigenvalue weighted by Gasteiger charge is -2.11. The Bertz CT molecular complexity index is 1210. The topological polar surface area (TPSA) is 96.6 Å². The van der Waals surface area contributed by atoms with E-state index in [0.29, 0.717) is 28.4 Å². The van der Waals surface area contributed by atoms with Crippen LogP contribution in [0.3, 0.4) is 0 Å². The average molecular weight is 363 g/mol. The first kappa shape index (κ1) is 17.0. The molecule has 138 valence electrons. The maximum absolute atomic E-state index is 13.0. The third-order valence-corrected chi connectivity index (χ3v) is 4.77. The second-order valence-electron chi connectivity index (χ2n) is 6.90. The molecular weight excluding hydrogens is 342 g/mol. The Morgan fingerprint density at radius 1 is 1.19 bits per heavy atom. The second kappa shape index (κ2) is 6.08. The van der Waals surface area contributed by atoms with Gasteiger partial charge < -0.3 is 10.3 Å². The van der Waals surface area contributed by atoms with Crippen molar-refractivity contribution in [2.45, 2.75) is 26.8 Å². The van der Waals surface area contributed by atoms with Gasteiger partial charge in [0, 0.05) is 18.8 Å². The summed E-state index contributed by atoms with van der Waals surface area (Å²) in [7, 11) is 1.84. The van der Waals surface area contributed by atoms with Crippen LogP contribution in [0.5, 0.6) is 0 Å². The lowest BCUT2D eigenvalue weighted by atomic mass is 10.1. The fraction of sp³-hybridized carbons (Fsp3) is 0.263. The maximum Gasteiger partial charge on any atom is 0.280 e. The summed E-state index contributed by atoms with van der Waals surface area (Å²) < 4.78 is 5.28. The quantitative estimate of drug-likeness (QED) is 0.564. The summed E-state index contributed by atoms with van der Waals surface area (Å²) in [5.41, 5.74) is 8.84. The Morgan fingerprint density at radius 2 is 1.96 bits per heavy atom. The van der Waals surface area contributed by atoms with Crippen LogP contribution in [0.4, 0.5) is 5.69 Å². The number of anilines is 1. The Morgan fingerprint density at radius 3 is 2.70 bits per heavy atom. The molecule has 0 bridgehead atoms. The first-order valence-electron chi connectivity index (χ1n) is 8.73. The number of nitrogens with zero attached hydrogens (tertiary/aromatic N) is 6. The van der Waals surface area contributed by atoms with Crippen molar-refractivity contribution in [2.75, 3.05) is 5.73 Å². The zero-order valence-corrected chi connectivity index (χ0v) is 15.7. The molecule has 0 aliphatic rings. The van der Waals surface area contributed by atoms with Gasteiger partial charge >= 0.3 is 0 Å². The van der Waals surface area contributed by atoms with Crippen LogP contribution in [-0.2, 0) is 7.05 Å². The van der Waals surface area contributed by atoms with Crippen molar-refractivity contribution >= 4 is 16.6 Å². The number of nitrogens with two attached hydrogens (primary N) is 1. The fourth-order valence-corrected chi connectivity index (χ4v) is 3.23. The Kier molecular flexibility index (Phi) is 3.83. The second-order valence-corrected chi connectivity index (χ2v) is 6.90. The first-order valence-corrected chi connectivity index (χ1v) is 8.73. The van der Waals surface area contributed by atoms with Gasteiger partial charge in [0.2, 0.25) is 0 Å².